The van der Waals surface area contributed by atoms with E-state index in [1.807, 2.05) is 30.3 Å². The number of aromatic amines is 1. The van der Waals surface area contributed by atoms with E-state index in [0.29, 0.717) is 23.5 Å². The van der Waals surface area contributed by atoms with Gasteiger partial charge in [-0.1, -0.05) is 42.1 Å². The lowest BCUT2D eigenvalue weighted by molar-refractivity contribution is -0.120. The quantitative estimate of drug-likeness (QED) is 0.231. The SMILES string of the molecule is CCOC(=O)c1ccc(NC(=O)CSc2nc(CC(=O)NCc3ccccc3)cc(=O)[nH]2)cc1. The van der Waals surface area contributed by atoms with E-state index in [9.17, 15) is 19.2 Å². The molecule has 0 saturated heterocycles. The maximum atomic E-state index is 12.3. The number of rotatable bonds is 10. The molecule has 3 aromatic rings. The third-order valence-corrected chi connectivity index (χ3v) is 5.34. The third-order valence-electron chi connectivity index (χ3n) is 4.47. The molecule has 0 radical (unpaired) electrons. The number of esters is 1. The molecule has 34 heavy (non-hydrogen) atoms. The van der Waals surface area contributed by atoms with Crippen molar-refractivity contribution in [2.45, 2.75) is 25.0 Å². The Morgan fingerprint density at radius 3 is 2.47 bits per heavy atom. The van der Waals surface area contributed by atoms with Crippen LogP contribution < -0.4 is 16.2 Å². The molecule has 3 N–H and O–H groups in total. The van der Waals surface area contributed by atoms with Gasteiger partial charge in [-0.3, -0.25) is 14.4 Å². The summed E-state index contributed by atoms with van der Waals surface area (Å²) < 4.78 is 4.92. The van der Waals surface area contributed by atoms with Crippen molar-refractivity contribution >= 4 is 35.2 Å². The molecule has 2 amide bonds. The van der Waals surface area contributed by atoms with Gasteiger partial charge in [-0.05, 0) is 36.8 Å². The molecule has 10 heteroatoms. The van der Waals surface area contributed by atoms with Crippen molar-refractivity contribution in [1.29, 1.82) is 0 Å². The van der Waals surface area contributed by atoms with Gasteiger partial charge in [-0.25, -0.2) is 9.78 Å². The summed E-state index contributed by atoms with van der Waals surface area (Å²) in [6.07, 6.45) is -0.0523. The number of H-pyrrole nitrogens is 1. The molecule has 1 heterocycles. The number of anilines is 1. The van der Waals surface area contributed by atoms with Crippen LogP contribution in [0.1, 0.15) is 28.5 Å². The number of benzene rings is 2. The molecule has 0 fully saturated rings. The van der Waals surface area contributed by atoms with E-state index in [1.54, 1.807) is 31.2 Å². The average Bonchev–Trinajstić information content (AvgIpc) is 2.82. The standard InChI is InChI=1S/C24H24N4O5S/c1-2-33-23(32)17-8-10-18(11-9-17)26-22(31)15-34-24-27-19(13-21(30)28-24)12-20(29)25-14-16-6-4-3-5-7-16/h3-11,13H,2,12,14-15H2,1H3,(H,25,29)(H,26,31)(H,27,28,30). The van der Waals surface area contributed by atoms with Crippen LogP contribution in [0.3, 0.4) is 0 Å². The molecule has 0 aliphatic carbocycles. The Balaban J connectivity index is 1.50. The highest BCUT2D eigenvalue weighted by molar-refractivity contribution is 7.99. The number of nitrogens with one attached hydrogen (secondary N) is 3. The summed E-state index contributed by atoms with van der Waals surface area (Å²) in [6, 6.07) is 17.1. The fourth-order valence-corrected chi connectivity index (χ4v) is 3.60. The Kier molecular flexibility index (Phi) is 8.98. The van der Waals surface area contributed by atoms with Crippen molar-refractivity contribution in [1.82, 2.24) is 15.3 Å². The van der Waals surface area contributed by atoms with Crippen LogP contribution in [0.25, 0.3) is 0 Å². The van der Waals surface area contributed by atoms with Crippen molar-refractivity contribution in [3.63, 3.8) is 0 Å². The first-order valence-corrected chi connectivity index (χ1v) is 11.5. The first-order chi connectivity index (χ1) is 16.4. The molecule has 2 aromatic carbocycles. The molecule has 0 aliphatic rings. The van der Waals surface area contributed by atoms with Crippen molar-refractivity contribution in [2.24, 2.45) is 0 Å². The van der Waals surface area contributed by atoms with Gasteiger partial charge in [0.2, 0.25) is 11.8 Å². The fraction of sp³-hybridized carbons (Fsp3) is 0.208. The zero-order chi connectivity index (χ0) is 24.3. The molecule has 0 aliphatic heterocycles. The first-order valence-electron chi connectivity index (χ1n) is 10.5. The number of ether oxygens (including phenoxy) is 1. The maximum absolute atomic E-state index is 12.3. The normalized spacial score (nSPS) is 10.4. The van der Waals surface area contributed by atoms with Gasteiger partial charge in [0.05, 0.1) is 30.0 Å². The summed E-state index contributed by atoms with van der Waals surface area (Å²) in [5.74, 6) is -1.02. The average molecular weight is 481 g/mol. The van der Waals surface area contributed by atoms with Crippen LogP contribution in [0.15, 0.2) is 70.6 Å². The minimum atomic E-state index is -0.431. The summed E-state index contributed by atoms with van der Waals surface area (Å²) in [5.41, 5.74) is 1.78. The van der Waals surface area contributed by atoms with Crippen LogP contribution in [-0.4, -0.2) is 40.1 Å². The van der Waals surface area contributed by atoms with E-state index in [2.05, 4.69) is 20.6 Å². The van der Waals surface area contributed by atoms with Crippen LogP contribution >= 0.6 is 11.8 Å². The Hall–Kier alpha value is -3.92. The van der Waals surface area contributed by atoms with Gasteiger partial charge in [0, 0.05) is 18.3 Å². The molecule has 0 saturated carbocycles. The highest BCUT2D eigenvalue weighted by Crippen LogP contribution is 2.14. The lowest BCUT2D eigenvalue weighted by Gasteiger charge is -2.07. The van der Waals surface area contributed by atoms with E-state index in [4.69, 9.17) is 4.74 Å². The van der Waals surface area contributed by atoms with Crippen molar-refractivity contribution in [3.05, 3.63) is 87.8 Å². The second-order valence-electron chi connectivity index (χ2n) is 7.12. The monoisotopic (exact) mass is 480 g/mol. The van der Waals surface area contributed by atoms with Crippen LogP contribution in [0.2, 0.25) is 0 Å². The van der Waals surface area contributed by atoms with Gasteiger partial charge in [0.1, 0.15) is 0 Å². The highest BCUT2D eigenvalue weighted by atomic mass is 32.2. The number of carbonyl (C=O) groups is 3. The smallest absolute Gasteiger partial charge is 0.338 e. The zero-order valence-corrected chi connectivity index (χ0v) is 19.3. The number of amides is 2. The van der Waals surface area contributed by atoms with Gasteiger partial charge in [0.15, 0.2) is 5.16 Å². The highest BCUT2D eigenvalue weighted by Gasteiger charge is 2.11. The number of nitrogens with zero attached hydrogens (tertiary/aromatic N) is 1. The summed E-state index contributed by atoms with van der Waals surface area (Å²) in [5, 5.41) is 5.74. The van der Waals surface area contributed by atoms with Gasteiger partial charge in [0.25, 0.3) is 5.56 Å². The topological polar surface area (TPSA) is 130 Å². The fourth-order valence-electron chi connectivity index (χ4n) is 2.90. The number of carbonyl (C=O) groups excluding carboxylic acids is 3. The predicted molar refractivity (Wildman–Crippen MR) is 129 cm³/mol. The number of aromatic nitrogens is 2. The van der Waals surface area contributed by atoms with Crippen molar-refractivity contribution in [2.75, 3.05) is 17.7 Å². The van der Waals surface area contributed by atoms with Crippen LogP contribution in [0, 0.1) is 0 Å². The van der Waals surface area contributed by atoms with Crippen molar-refractivity contribution < 1.29 is 19.1 Å². The minimum absolute atomic E-state index is 0.00771. The van der Waals surface area contributed by atoms with Gasteiger partial charge >= 0.3 is 5.97 Å². The summed E-state index contributed by atoms with van der Waals surface area (Å²) >= 11 is 1.04. The Bertz CT molecular complexity index is 1200. The lowest BCUT2D eigenvalue weighted by Crippen LogP contribution is -2.26. The van der Waals surface area contributed by atoms with Crippen LogP contribution in [-0.2, 0) is 27.3 Å². The first kappa shape index (κ1) is 24.7. The molecule has 3 rings (SSSR count). The third kappa shape index (κ3) is 7.89. The molecule has 176 valence electrons. The summed E-state index contributed by atoms with van der Waals surface area (Å²) in [6.45, 7) is 2.39. The largest absolute Gasteiger partial charge is 0.462 e. The molecule has 0 spiro atoms. The molecule has 1 aromatic heterocycles. The molecular weight excluding hydrogens is 456 g/mol. The van der Waals surface area contributed by atoms with E-state index >= 15 is 0 Å². The molecular formula is C24H24N4O5S. The molecule has 0 unspecified atom stereocenters. The van der Waals surface area contributed by atoms with Crippen LogP contribution in [0.4, 0.5) is 5.69 Å². The molecule has 9 nitrogen and oxygen atoms in total. The van der Waals surface area contributed by atoms with E-state index < -0.39 is 11.5 Å². The van der Waals surface area contributed by atoms with E-state index in [0.717, 1.165) is 17.3 Å². The minimum Gasteiger partial charge on any atom is -0.462 e. The summed E-state index contributed by atoms with van der Waals surface area (Å²) in [7, 11) is 0. The van der Waals surface area contributed by atoms with Crippen LogP contribution in [0.5, 0.6) is 0 Å². The molecule has 0 bridgehead atoms. The maximum Gasteiger partial charge on any atom is 0.338 e. The Morgan fingerprint density at radius 1 is 1.03 bits per heavy atom. The number of hydrogen-bond acceptors (Lipinski definition) is 7. The van der Waals surface area contributed by atoms with Crippen molar-refractivity contribution in [3.8, 4) is 0 Å². The zero-order valence-electron chi connectivity index (χ0n) is 18.5. The number of hydrogen-bond donors (Lipinski definition) is 3. The number of thioether (sulfide) groups is 1. The second-order valence-corrected chi connectivity index (χ2v) is 8.08. The summed E-state index contributed by atoms with van der Waals surface area (Å²) in [4.78, 5) is 55.0. The predicted octanol–water partition coefficient (Wildman–Crippen LogP) is 2.54. The van der Waals surface area contributed by atoms with E-state index in [1.165, 1.54) is 6.07 Å². The molecule has 0 atom stereocenters. The van der Waals surface area contributed by atoms with Gasteiger partial charge in [-0.2, -0.15) is 0 Å². The van der Waals surface area contributed by atoms with Gasteiger partial charge in [-0.15, -0.1) is 0 Å². The lowest BCUT2D eigenvalue weighted by atomic mass is 10.2. The Labute approximate surface area is 200 Å². The Morgan fingerprint density at radius 2 is 1.76 bits per heavy atom. The van der Waals surface area contributed by atoms with Gasteiger partial charge < -0.3 is 20.4 Å². The van der Waals surface area contributed by atoms with E-state index in [-0.39, 0.29) is 35.8 Å². The second kappa shape index (κ2) is 12.4.